The second-order valence-electron chi connectivity index (χ2n) is 8.63. The number of halogens is 1. The molecule has 0 saturated carbocycles. The van der Waals surface area contributed by atoms with Gasteiger partial charge in [-0.25, -0.2) is 0 Å². The average molecular weight is 431 g/mol. The maximum Gasteiger partial charge on any atom is 0.261 e. The number of nitrogens with one attached hydrogen (secondary N) is 1. The van der Waals surface area contributed by atoms with Crippen LogP contribution in [0.1, 0.15) is 44.4 Å². The van der Waals surface area contributed by atoms with Gasteiger partial charge < -0.3 is 15.0 Å². The molecule has 2 rings (SSSR count). The van der Waals surface area contributed by atoms with Gasteiger partial charge in [0.15, 0.2) is 6.61 Å². The third kappa shape index (κ3) is 7.06. The molecule has 0 radical (unpaired) electrons. The molecule has 6 heteroatoms. The molecule has 0 fully saturated rings. The van der Waals surface area contributed by atoms with Crippen molar-refractivity contribution < 1.29 is 14.3 Å². The SMILES string of the molecule is Cc1cccc(CN(C(=O)COc2ccc(Cl)c(C)c2)C(C)C(=O)NC(C)(C)C)c1. The number of carbonyl (C=O) groups excluding carboxylic acids is 2. The molecule has 2 amide bonds. The average Bonchev–Trinajstić information content (AvgIpc) is 2.65. The van der Waals surface area contributed by atoms with E-state index in [4.69, 9.17) is 16.3 Å². The fourth-order valence-electron chi connectivity index (χ4n) is 3.00. The highest BCUT2D eigenvalue weighted by Gasteiger charge is 2.28. The fourth-order valence-corrected chi connectivity index (χ4v) is 3.12. The quantitative estimate of drug-likeness (QED) is 0.694. The van der Waals surface area contributed by atoms with Crippen molar-refractivity contribution in [2.75, 3.05) is 6.61 Å². The van der Waals surface area contributed by atoms with Gasteiger partial charge in [0.25, 0.3) is 5.91 Å². The Morgan fingerprint density at radius 3 is 2.43 bits per heavy atom. The van der Waals surface area contributed by atoms with Gasteiger partial charge in [-0.05, 0) is 70.9 Å². The number of aryl methyl sites for hydroxylation is 2. The number of hydrogen-bond acceptors (Lipinski definition) is 3. The Morgan fingerprint density at radius 2 is 1.83 bits per heavy atom. The summed E-state index contributed by atoms with van der Waals surface area (Å²) >= 11 is 6.05. The van der Waals surface area contributed by atoms with Gasteiger partial charge in [0.2, 0.25) is 5.91 Å². The molecule has 5 nitrogen and oxygen atoms in total. The molecule has 30 heavy (non-hydrogen) atoms. The van der Waals surface area contributed by atoms with E-state index in [1.165, 1.54) is 0 Å². The number of ether oxygens (including phenoxy) is 1. The Balaban J connectivity index is 2.18. The first-order valence-electron chi connectivity index (χ1n) is 10.0. The first-order chi connectivity index (χ1) is 14.0. The summed E-state index contributed by atoms with van der Waals surface area (Å²) in [7, 11) is 0. The van der Waals surface area contributed by atoms with Crippen LogP contribution in [0.25, 0.3) is 0 Å². The van der Waals surface area contributed by atoms with Gasteiger partial charge in [-0.15, -0.1) is 0 Å². The Labute approximate surface area is 184 Å². The van der Waals surface area contributed by atoms with Crippen LogP contribution in [0.4, 0.5) is 0 Å². The summed E-state index contributed by atoms with van der Waals surface area (Å²) in [4.78, 5) is 27.4. The number of amides is 2. The van der Waals surface area contributed by atoms with Gasteiger partial charge in [0.05, 0.1) is 0 Å². The van der Waals surface area contributed by atoms with Crippen LogP contribution in [0.2, 0.25) is 5.02 Å². The van der Waals surface area contributed by atoms with Crippen LogP contribution in [-0.4, -0.2) is 34.9 Å². The van der Waals surface area contributed by atoms with E-state index in [-0.39, 0.29) is 24.0 Å². The summed E-state index contributed by atoms with van der Waals surface area (Å²) in [6.45, 7) is 11.5. The van der Waals surface area contributed by atoms with Gasteiger partial charge in [0.1, 0.15) is 11.8 Å². The minimum Gasteiger partial charge on any atom is -0.484 e. The van der Waals surface area contributed by atoms with E-state index in [2.05, 4.69) is 5.32 Å². The van der Waals surface area contributed by atoms with Crippen molar-refractivity contribution >= 4 is 23.4 Å². The standard InChI is InChI=1S/C24H31ClN2O3/c1-16-8-7-9-19(12-16)14-27(18(3)23(29)26-24(4,5)6)22(28)15-30-20-10-11-21(25)17(2)13-20/h7-13,18H,14-15H2,1-6H3,(H,26,29). The van der Waals surface area contributed by atoms with E-state index in [1.54, 1.807) is 30.0 Å². The molecule has 0 saturated heterocycles. The molecule has 1 atom stereocenters. The predicted molar refractivity (Wildman–Crippen MR) is 121 cm³/mol. The lowest BCUT2D eigenvalue weighted by atomic mass is 10.1. The van der Waals surface area contributed by atoms with E-state index in [1.807, 2.05) is 58.9 Å². The third-order valence-electron chi connectivity index (χ3n) is 4.59. The highest BCUT2D eigenvalue weighted by molar-refractivity contribution is 6.31. The number of benzene rings is 2. The van der Waals surface area contributed by atoms with Gasteiger partial charge in [-0.2, -0.15) is 0 Å². The van der Waals surface area contributed by atoms with Crippen LogP contribution in [0.15, 0.2) is 42.5 Å². The summed E-state index contributed by atoms with van der Waals surface area (Å²) < 4.78 is 5.70. The maximum absolute atomic E-state index is 13.1. The van der Waals surface area contributed by atoms with Crippen molar-refractivity contribution in [1.82, 2.24) is 10.2 Å². The number of carbonyl (C=O) groups is 2. The summed E-state index contributed by atoms with van der Waals surface area (Å²) in [5.74, 6) is 0.0964. The Morgan fingerprint density at radius 1 is 1.13 bits per heavy atom. The molecule has 1 unspecified atom stereocenters. The molecule has 0 aromatic heterocycles. The van der Waals surface area contributed by atoms with Crippen LogP contribution in [0.3, 0.4) is 0 Å². The Hall–Kier alpha value is -2.53. The molecule has 0 aliphatic rings. The lowest BCUT2D eigenvalue weighted by Crippen LogP contribution is -2.53. The molecule has 1 N–H and O–H groups in total. The lowest BCUT2D eigenvalue weighted by Gasteiger charge is -2.31. The minimum atomic E-state index is -0.646. The monoisotopic (exact) mass is 430 g/mol. The van der Waals surface area contributed by atoms with Gasteiger partial charge in [-0.3, -0.25) is 9.59 Å². The normalized spacial score (nSPS) is 12.2. The zero-order chi connectivity index (χ0) is 22.5. The summed E-state index contributed by atoms with van der Waals surface area (Å²) in [6.07, 6.45) is 0. The van der Waals surface area contributed by atoms with Crippen LogP contribution in [-0.2, 0) is 16.1 Å². The summed E-state index contributed by atoms with van der Waals surface area (Å²) in [6, 6.07) is 12.5. The molecule has 2 aromatic rings. The first kappa shape index (κ1) is 23.7. The van der Waals surface area contributed by atoms with Crippen LogP contribution in [0, 0.1) is 13.8 Å². The third-order valence-corrected chi connectivity index (χ3v) is 5.02. The van der Waals surface area contributed by atoms with Gasteiger partial charge in [0, 0.05) is 17.1 Å². The smallest absolute Gasteiger partial charge is 0.261 e. The van der Waals surface area contributed by atoms with E-state index in [9.17, 15) is 9.59 Å². The number of hydrogen-bond donors (Lipinski definition) is 1. The van der Waals surface area contributed by atoms with Crippen molar-refractivity contribution in [2.45, 2.75) is 59.7 Å². The van der Waals surface area contributed by atoms with E-state index >= 15 is 0 Å². The zero-order valence-electron chi connectivity index (χ0n) is 18.6. The predicted octanol–water partition coefficient (Wildman–Crippen LogP) is 4.67. The molecule has 0 bridgehead atoms. The lowest BCUT2D eigenvalue weighted by molar-refractivity contribution is -0.142. The number of rotatable bonds is 7. The molecular weight excluding hydrogens is 400 g/mol. The van der Waals surface area contributed by atoms with Gasteiger partial charge in [-0.1, -0.05) is 41.4 Å². The Kier molecular flexibility index (Phi) is 7.90. The molecule has 2 aromatic carbocycles. The molecular formula is C24H31ClN2O3. The first-order valence-corrected chi connectivity index (χ1v) is 10.4. The Bertz CT molecular complexity index is 906. The maximum atomic E-state index is 13.1. The second kappa shape index (κ2) is 9.98. The molecule has 0 spiro atoms. The van der Waals surface area contributed by atoms with Crippen molar-refractivity contribution in [3.8, 4) is 5.75 Å². The van der Waals surface area contributed by atoms with Crippen molar-refractivity contribution in [3.63, 3.8) is 0 Å². The van der Waals surface area contributed by atoms with Crippen molar-refractivity contribution in [3.05, 3.63) is 64.2 Å². The van der Waals surface area contributed by atoms with Crippen molar-refractivity contribution in [1.29, 1.82) is 0 Å². The van der Waals surface area contributed by atoms with E-state index in [0.717, 1.165) is 16.7 Å². The molecule has 0 heterocycles. The highest BCUT2D eigenvalue weighted by Crippen LogP contribution is 2.21. The molecule has 162 valence electrons. The van der Waals surface area contributed by atoms with E-state index in [0.29, 0.717) is 17.3 Å². The van der Waals surface area contributed by atoms with Crippen molar-refractivity contribution in [2.24, 2.45) is 0 Å². The summed E-state index contributed by atoms with van der Waals surface area (Å²) in [5, 5.41) is 3.59. The molecule has 0 aliphatic carbocycles. The molecule has 0 aliphatic heterocycles. The van der Waals surface area contributed by atoms with Crippen LogP contribution >= 0.6 is 11.6 Å². The highest BCUT2D eigenvalue weighted by atomic mass is 35.5. The van der Waals surface area contributed by atoms with E-state index < -0.39 is 6.04 Å². The zero-order valence-corrected chi connectivity index (χ0v) is 19.3. The minimum absolute atomic E-state index is 0.167. The summed E-state index contributed by atoms with van der Waals surface area (Å²) in [5.41, 5.74) is 2.54. The van der Waals surface area contributed by atoms with Crippen LogP contribution < -0.4 is 10.1 Å². The topological polar surface area (TPSA) is 58.6 Å². The second-order valence-corrected chi connectivity index (χ2v) is 9.03. The number of nitrogens with zero attached hydrogens (tertiary/aromatic N) is 1. The van der Waals surface area contributed by atoms with Crippen LogP contribution in [0.5, 0.6) is 5.75 Å². The fraction of sp³-hybridized carbons (Fsp3) is 0.417. The largest absolute Gasteiger partial charge is 0.484 e. The van der Waals surface area contributed by atoms with Gasteiger partial charge >= 0.3 is 0 Å².